The first kappa shape index (κ1) is 7.12. The fraction of sp³-hybridized carbons (Fsp3) is 0.571. The molecule has 0 aromatic carbocycles. The van der Waals surface area contributed by atoms with Crippen LogP contribution in [0.1, 0.15) is 13.8 Å². The van der Waals surface area contributed by atoms with E-state index in [1.807, 2.05) is 7.05 Å². The van der Waals surface area contributed by atoms with Gasteiger partial charge in [0.25, 0.3) is 0 Å². The molecule has 0 saturated heterocycles. The standard InChI is InChI=1S/C7H13N3/c1-5-6(2)9-4-10-7(5)8-3/h4,6,8H,1-3H3,(H,9,10). The maximum Gasteiger partial charge on any atom is 0.128 e. The predicted octanol–water partition coefficient (Wildman–Crippen LogP) is 0.457. The van der Waals surface area contributed by atoms with Crippen molar-refractivity contribution in [3.63, 3.8) is 0 Å². The largest absolute Gasteiger partial charge is 0.373 e. The van der Waals surface area contributed by atoms with Crippen LogP contribution in [0.5, 0.6) is 0 Å². The van der Waals surface area contributed by atoms with E-state index in [4.69, 9.17) is 0 Å². The second-order valence-corrected chi connectivity index (χ2v) is 2.43. The van der Waals surface area contributed by atoms with Gasteiger partial charge in [-0.15, -0.1) is 0 Å². The third-order valence-corrected chi connectivity index (χ3v) is 1.78. The van der Waals surface area contributed by atoms with Gasteiger partial charge in [-0.3, -0.25) is 0 Å². The predicted molar refractivity (Wildman–Crippen MR) is 42.8 cm³/mol. The number of rotatable bonds is 1. The second-order valence-electron chi connectivity index (χ2n) is 2.43. The molecule has 0 bridgehead atoms. The minimum atomic E-state index is 0.403. The van der Waals surface area contributed by atoms with Gasteiger partial charge in [-0.25, -0.2) is 4.99 Å². The average Bonchev–Trinajstić information content (AvgIpc) is 1.95. The Bertz CT molecular complexity index is 181. The van der Waals surface area contributed by atoms with E-state index in [-0.39, 0.29) is 0 Å². The van der Waals surface area contributed by atoms with Crippen molar-refractivity contribution in [3.05, 3.63) is 11.4 Å². The Hall–Kier alpha value is -0.990. The summed E-state index contributed by atoms with van der Waals surface area (Å²) in [6, 6.07) is 0.403. The molecule has 3 nitrogen and oxygen atoms in total. The normalized spacial score (nSPS) is 24.5. The summed E-state index contributed by atoms with van der Waals surface area (Å²) in [7, 11) is 1.88. The molecule has 1 unspecified atom stereocenters. The molecular formula is C7H13N3. The van der Waals surface area contributed by atoms with Gasteiger partial charge in [-0.05, 0) is 19.4 Å². The summed E-state index contributed by atoms with van der Waals surface area (Å²) in [5.41, 5.74) is 1.25. The van der Waals surface area contributed by atoms with Crippen molar-refractivity contribution in [2.24, 2.45) is 4.99 Å². The van der Waals surface area contributed by atoms with E-state index in [2.05, 4.69) is 29.5 Å². The lowest BCUT2D eigenvalue weighted by atomic mass is 10.1. The van der Waals surface area contributed by atoms with Gasteiger partial charge in [0.1, 0.15) is 5.82 Å². The zero-order valence-electron chi connectivity index (χ0n) is 6.60. The fourth-order valence-electron chi connectivity index (χ4n) is 0.907. The molecule has 0 radical (unpaired) electrons. The summed E-state index contributed by atoms with van der Waals surface area (Å²) in [4.78, 5) is 4.11. The van der Waals surface area contributed by atoms with Crippen LogP contribution in [0.2, 0.25) is 0 Å². The summed E-state index contributed by atoms with van der Waals surface area (Å²) in [6.07, 6.45) is 1.73. The lowest BCUT2D eigenvalue weighted by Gasteiger charge is -2.19. The molecule has 0 aromatic heterocycles. The minimum Gasteiger partial charge on any atom is -0.373 e. The molecule has 10 heavy (non-hydrogen) atoms. The van der Waals surface area contributed by atoms with Gasteiger partial charge in [0, 0.05) is 13.1 Å². The van der Waals surface area contributed by atoms with Crippen molar-refractivity contribution in [2.75, 3.05) is 7.05 Å². The van der Waals surface area contributed by atoms with E-state index in [0.29, 0.717) is 6.04 Å². The van der Waals surface area contributed by atoms with Crippen molar-refractivity contribution in [1.82, 2.24) is 10.6 Å². The summed E-state index contributed by atoms with van der Waals surface area (Å²) in [5, 5.41) is 6.13. The van der Waals surface area contributed by atoms with E-state index >= 15 is 0 Å². The van der Waals surface area contributed by atoms with Crippen LogP contribution in [0.25, 0.3) is 0 Å². The molecule has 0 spiro atoms. The van der Waals surface area contributed by atoms with Crippen molar-refractivity contribution in [2.45, 2.75) is 19.9 Å². The van der Waals surface area contributed by atoms with Gasteiger partial charge >= 0.3 is 0 Å². The molecule has 56 valence electrons. The van der Waals surface area contributed by atoms with Crippen LogP contribution in [0.4, 0.5) is 0 Å². The lowest BCUT2D eigenvalue weighted by Crippen LogP contribution is -2.31. The van der Waals surface area contributed by atoms with Crippen LogP contribution in [0.15, 0.2) is 16.4 Å². The summed E-state index contributed by atoms with van der Waals surface area (Å²) in [5.74, 6) is 0.978. The van der Waals surface area contributed by atoms with E-state index in [9.17, 15) is 0 Å². The Morgan fingerprint density at radius 1 is 1.70 bits per heavy atom. The van der Waals surface area contributed by atoms with Crippen molar-refractivity contribution in [1.29, 1.82) is 0 Å². The molecule has 0 aromatic rings. The van der Waals surface area contributed by atoms with Gasteiger partial charge in [-0.2, -0.15) is 0 Å². The smallest absolute Gasteiger partial charge is 0.128 e. The zero-order valence-corrected chi connectivity index (χ0v) is 6.60. The molecule has 1 atom stereocenters. The molecule has 1 aliphatic heterocycles. The number of hydrogen-bond donors (Lipinski definition) is 2. The molecule has 0 saturated carbocycles. The molecular weight excluding hydrogens is 126 g/mol. The van der Waals surface area contributed by atoms with Gasteiger partial charge in [0.2, 0.25) is 0 Å². The number of aliphatic imine (C=N–C) groups is 1. The average molecular weight is 139 g/mol. The summed E-state index contributed by atoms with van der Waals surface area (Å²) < 4.78 is 0. The van der Waals surface area contributed by atoms with Crippen LogP contribution in [0.3, 0.4) is 0 Å². The van der Waals surface area contributed by atoms with E-state index in [1.165, 1.54) is 5.57 Å². The Balaban J connectivity index is 2.82. The molecule has 3 heteroatoms. The highest BCUT2D eigenvalue weighted by Gasteiger charge is 2.09. The first-order valence-corrected chi connectivity index (χ1v) is 3.43. The van der Waals surface area contributed by atoms with Crippen LogP contribution in [0, 0.1) is 0 Å². The summed E-state index contributed by atoms with van der Waals surface area (Å²) in [6.45, 7) is 4.18. The van der Waals surface area contributed by atoms with Gasteiger partial charge < -0.3 is 10.6 Å². The van der Waals surface area contributed by atoms with Crippen LogP contribution < -0.4 is 10.6 Å². The Kier molecular flexibility index (Phi) is 1.94. The first-order chi connectivity index (χ1) is 4.75. The maximum atomic E-state index is 4.11. The molecule has 1 aliphatic rings. The number of nitrogens with zero attached hydrogens (tertiary/aromatic N) is 1. The van der Waals surface area contributed by atoms with Crippen molar-refractivity contribution >= 4 is 6.34 Å². The van der Waals surface area contributed by atoms with Crippen LogP contribution >= 0.6 is 0 Å². The molecule has 0 amide bonds. The maximum absolute atomic E-state index is 4.11. The van der Waals surface area contributed by atoms with Gasteiger partial charge in [-0.1, -0.05) is 0 Å². The molecule has 0 aliphatic carbocycles. The Labute approximate surface area is 61.2 Å². The van der Waals surface area contributed by atoms with E-state index in [1.54, 1.807) is 6.34 Å². The van der Waals surface area contributed by atoms with Crippen molar-refractivity contribution < 1.29 is 0 Å². The summed E-state index contributed by atoms with van der Waals surface area (Å²) >= 11 is 0. The van der Waals surface area contributed by atoms with E-state index in [0.717, 1.165) is 5.82 Å². The fourth-order valence-corrected chi connectivity index (χ4v) is 0.907. The van der Waals surface area contributed by atoms with Crippen LogP contribution in [-0.4, -0.2) is 19.4 Å². The highest BCUT2D eigenvalue weighted by Crippen LogP contribution is 2.08. The zero-order chi connectivity index (χ0) is 7.56. The van der Waals surface area contributed by atoms with E-state index < -0.39 is 0 Å². The topological polar surface area (TPSA) is 36.4 Å². The van der Waals surface area contributed by atoms with Gasteiger partial charge in [0.15, 0.2) is 0 Å². The van der Waals surface area contributed by atoms with Gasteiger partial charge in [0.05, 0.1) is 6.34 Å². The number of hydrogen-bond acceptors (Lipinski definition) is 3. The Morgan fingerprint density at radius 2 is 2.40 bits per heavy atom. The highest BCUT2D eigenvalue weighted by atomic mass is 15.1. The first-order valence-electron chi connectivity index (χ1n) is 3.43. The molecule has 1 heterocycles. The lowest BCUT2D eigenvalue weighted by molar-refractivity contribution is 0.718. The van der Waals surface area contributed by atoms with Crippen molar-refractivity contribution in [3.8, 4) is 0 Å². The monoisotopic (exact) mass is 139 g/mol. The molecule has 0 fully saturated rings. The van der Waals surface area contributed by atoms with Crippen LogP contribution in [-0.2, 0) is 0 Å². The second kappa shape index (κ2) is 2.73. The highest BCUT2D eigenvalue weighted by molar-refractivity contribution is 5.59. The number of nitrogens with one attached hydrogen (secondary N) is 2. The SMILES string of the molecule is CNC1=C(C)C(C)NC=N1. The Morgan fingerprint density at radius 3 is 2.90 bits per heavy atom. The third kappa shape index (κ3) is 1.12. The quantitative estimate of drug-likeness (QED) is 0.553. The minimum absolute atomic E-state index is 0.403. The molecule has 2 N–H and O–H groups in total. The third-order valence-electron chi connectivity index (χ3n) is 1.78. The molecule has 1 rings (SSSR count).